The highest BCUT2D eigenvalue weighted by Gasteiger charge is 2.31. The molecule has 12 heteroatoms. The highest BCUT2D eigenvalue weighted by Crippen LogP contribution is 2.32. The topological polar surface area (TPSA) is 91.0 Å². The summed E-state index contributed by atoms with van der Waals surface area (Å²) in [5.41, 5.74) is 6.19. The number of benzene rings is 2. The summed E-state index contributed by atoms with van der Waals surface area (Å²) in [6.45, 7) is 0. The van der Waals surface area contributed by atoms with Gasteiger partial charge < -0.3 is 10.5 Å². The van der Waals surface area contributed by atoms with Gasteiger partial charge in [0.15, 0.2) is 10.8 Å². The summed E-state index contributed by atoms with van der Waals surface area (Å²) in [6, 6.07) is 11.1. The van der Waals surface area contributed by atoms with Crippen LogP contribution in [-0.4, -0.2) is 27.2 Å². The maximum atomic E-state index is 14.3. The standard InChI is InChI=1S/C22H13ClF4N4O2S/c23-19-17(14-3-1-2-4-15(14)24)30-16(18(31-19)20(28)32)9-13-10-29-21(34-13)11-5-7-12(8-6-11)33-22(25,26)27/h1-8,10H,9H2,(H2,28,32). The van der Waals surface area contributed by atoms with E-state index < -0.39 is 18.1 Å². The van der Waals surface area contributed by atoms with Gasteiger partial charge in [0.25, 0.3) is 5.91 Å². The zero-order valence-corrected chi connectivity index (χ0v) is 18.5. The number of hydrogen-bond acceptors (Lipinski definition) is 6. The SMILES string of the molecule is NC(=O)c1nc(Cl)c(-c2ccccc2F)nc1Cc1cnc(-c2ccc(OC(F)(F)F)cc2)s1. The van der Waals surface area contributed by atoms with Crippen molar-refractivity contribution in [3.63, 3.8) is 0 Å². The predicted molar refractivity (Wildman–Crippen MR) is 118 cm³/mol. The summed E-state index contributed by atoms with van der Waals surface area (Å²) in [7, 11) is 0. The predicted octanol–water partition coefficient (Wildman–Crippen LogP) is 5.65. The molecular formula is C22H13ClF4N4O2S. The molecule has 0 atom stereocenters. The maximum Gasteiger partial charge on any atom is 0.573 e. The number of hydrogen-bond donors (Lipinski definition) is 1. The van der Waals surface area contributed by atoms with Gasteiger partial charge in [0.1, 0.15) is 22.3 Å². The Morgan fingerprint density at radius 2 is 1.79 bits per heavy atom. The molecule has 6 nitrogen and oxygen atoms in total. The number of amides is 1. The van der Waals surface area contributed by atoms with E-state index in [1.54, 1.807) is 6.07 Å². The molecule has 1 amide bonds. The van der Waals surface area contributed by atoms with Crippen molar-refractivity contribution in [1.29, 1.82) is 0 Å². The zero-order valence-electron chi connectivity index (χ0n) is 16.9. The Hall–Kier alpha value is -3.57. The largest absolute Gasteiger partial charge is 0.573 e. The van der Waals surface area contributed by atoms with Crippen LogP contribution in [0.3, 0.4) is 0 Å². The Bertz CT molecular complexity index is 1360. The molecule has 0 saturated carbocycles. The van der Waals surface area contributed by atoms with Gasteiger partial charge in [0.2, 0.25) is 0 Å². The summed E-state index contributed by atoms with van der Waals surface area (Å²) in [6.07, 6.45) is -3.16. The number of rotatable bonds is 6. The van der Waals surface area contributed by atoms with Crippen LogP contribution in [0.25, 0.3) is 21.8 Å². The van der Waals surface area contributed by atoms with E-state index in [0.29, 0.717) is 15.4 Å². The maximum absolute atomic E-state index is 14.3. The average Bonchev–Trinajstić information content (AvgIpc) is 3.23. The van der Waals surface area contributed by atoms with Crippen LogP contribution < -0.4 is 10.5 Å². The Morgan fingerprint density at radius 1 is 1.09 bits per heavy atom. The molecule has 2 aromatic heterocycles. The molecule has 0 fully saturated rings. The number of nitrogens with two attached hydrogens (primary N) is 1. The minimum absolute atomic E-state index is 0.0600. The lowest BCUT2D eigenvalue weighted by molar-refractivity contribution is -0.274. The first-order valence-corrected chi connectivity index (χ1v) is 10.7. The first-order chi connectivity index (χ1) is 16.1. The molecule has 2 heterocycles. The molecule has 0 aliphatic carbocycles. The molecule has 4 rings (SSSR count). The Morgan fingerprint density at radius 3 is 2.44 bits per heavy atom. The highest BCUT2D eigenvalue weighted by molar-refractivity contribution is 7.15. The van der Waals surface area contributed by atoms with Crippen molar-refractivity contribution in [2.45, 2.75) is 12.8 Å². The van der Waals surface area contributed by atoms with Gasteiger partial charge in [-0.15, -0.1) is 24.5 Å². The number of halogens is 5. The molecule has 0 bridgehead atoms. The van der Waals surface area contributed by atoms with Gasteiger partial charge in [-0.3, -0.25) is 4.79 Å². The van der Waals surface area contributed by atoms with E-state index in [0.717, 1.165) is 0 Å². The Balaban J connectivity index is 1.64. The van der Waals surface area contributed by atoms with Crippen molar-refractivity contribution >= 4 is 28.8 Å². The van der Waals surface area contributed by atoms with E-state index in [2.05, 4.69) is 19.7 Å². The first-order valence-electron chi connectivity index (χ1n) is 9.52. The smallest absolute Gasteiger partial charge is 0.406 e. The number of carbonyl (C=O) groups is 1. The van der Waals surface area contributed by atoms with Crippen molar-refractivity contribution in [3.05, 3.63) is 82.0 Å². The van der Waals surface area contributed by atoms with Gasteiger partial charge in [-0.1, -0.05) is 23.7 Å². The number of nitrogens with zero attached hydrogens (tertiary/aromatic N) is 3. The van der Waals surface area contributed by atoms with Crippen molar-refractivity contribution in [2.75, 3.05) is 0 Å². The molecule has 174 valence electrons. The molecule has 2 N–H and O–H groups in total. The number of alkyl halides is 3. The molecule has 0 spiro atoms. The number of primary amides is 1. The second kappa shape index (κ2) is 9.35. The fourth-order valence-electron chi connectivity index (χ4n) is 3.08. The van der Waals surface area contributed by atoms with E-state index in [1.807, 2.05) is 0 Å². The number of aromatic nitrogens is 3. The molecule has 0 aliphatic heterocycles. The summed E-state index contributed by atoms with van der Waals surface area (Å²) in [5.74, 6) is -1.76. The van der Waals surface area contributed by atoms with Crippen LogP contribution in [0, 0.1) is 5.82 Å². The lowest BCUT2D eigenvalue weighted by Gasteiger charge is -2.10. The number of thiazole rings is 1. The van der Waals surface area contributed by atoms with E-state index in [4.69, 9.17) is 17.3 Å². The van der Waals surface area contributed by atoms with Crippen molar-refractivity contribution in [3.8, 4) is 27.6 Å². The fraction of sp³-hybridized carbons (Fsp3) is 0.0909. The lowest BCUT2D eigenvalue weighted by Crippen LogP contribution is -2.18. The molecule has 0 unspecified atom stereocenters. The third-order valence-corrected chi connectivity index (χ3v) is 5.83. The van der Waals surface area contributed by atoms with Crippen LogP contribution in [-0.2, 0) is 6.42 Å². The van der Waals surface area contributed by atoms with E-state index >= 15 is 0 Å². The second-order valence-corrected chi connectivity index (χ2v) is 8.36. The van der Waals surface area contributed by atoms with Crippen LogP contribution >= 0.6 is 22.9 Å². The summed E-state index contributed by atoms with van der Waals surface area (Å²) in [4.78, 5) is 25.3. The average molecular weight is 509 g/mol. The number of ether oxygens (including phenoxy) is 1. The second-order valence-electron chi connectivity index (χ2n) is 6.88. The molecule has 4 aromatic rings. The van der Waals surface area contributed by atoms with Crippen LogP contribution in [0.4, 0.5) is 17.6 Å². The van der Waals surface area contributed by atoms with E-state index in [1.165, 1.54) is 60.0 Å². The number of carbonyl (C=O) groups excluding carboxylic acids is 1. The van der Waals surface area contributed by atoms with Gasteiger partial charge in [0, 0.05) is 28.6 Å². The summed E-state index contributed by atoms with van der Waals surface area (Å²) < 4.78 is 55.2. The highest BCUT2D eigenvalue weighted by atomic mass is 35.5. The fourth-order valence-corrected chi connectivity index (χ4v) is 4.23. The lowest BCUT2D eigenvalue weighted by atomic mass is 10.1. The van der Waals surface area contributed by atoms with Gasteiger partial charge in [-0.25, -0.2) is 19.3 Å². The minimum atomic E-state index is -4.78. The van der Waals surface area contributed by atoms with Gasteiger partial charge in [-0.2, -0.15) is 0 Å². The van der Waals surface area contributed by atoms with Crippen LogP contribution in [0.15, 0.2) is 54.7 Å². The Labute approximate surface area is 199 Å². The van der Waals surface area contributed by atoms with Crippen LogP contribution in [0.5, 0.6) is 5.75 Å². The van der Waals surface area contributed by atoms with Crippen LogP contribution in [0.1, 0.15) is 21.1 Å². The van der Waals surface area contributed by atoms with Crippen molar-refractivity contribution < 1.29 is 27.1 Å². The molecule has 34 heavy (non-hydrogen) atoms. The van der Waals surface area contributed by atoms with E-state index in [-0.39, 0.29) is 40.0 Å². The minimum Gasteiger partial charge on any atom is -0.406 e. The van der Waals surface area contributed by atoms with Gasteiger partial charge >= 0.3 is 6.36 Å². The molecule has 0 saturated heterocycles. The van der Waals surface area contributed by atoms with Crippen molar-refractivity contribution in [2.24, 2.45) is 5.73 Å². The molecular weight excluding hydrogens is 496 g/mol. The summed E-state index contributed by atoms with van der Waals surface area (Å²) >= 11 is 7.38. The molecule has 0 radical (unpaired) electrons. The van der Waals surface area contributed by atoms with Gasteiger partial charge in [0.05, 0.1) is 5.69 Å². The van der Waals surface area contributed by atoms with Crippen molar-refractivity contribution in [1.82, 2.24) is 15.0 Å². The zero-order chi connectivity index (χ0) is 24.5. The quantitative estimate of drug-likeness (QED) is 0.340. The van der Waals surface area contributed by atoms with Crippen LogP contribution in [0.2, 0.25) is 5.15 Å². The molecule has 0 aliphatic rings. The normalized spacial score (nSPS) is 11.4. The third kappa shape index (κ3) is 5.32. The Kier molecular flexibility index (Phi) is 6.49. The summed E-state index contributed by atoms with van der Waals surface area (Å²) in [5, 5.41) is 0.347. The monoisotopic (exact) mass is 508 g/mol. The molecule has 2 aromatic carbocycles. The van der Waals surface area contributed by atoms with Gasteiger partial charge in [-0.05, 0) is 36.4 Å². The van der Waals surface area contributed by atoms with E-state index in [9.17, 15) is 22.4 Å². The first kappa shape index (κ1) is 23.6. The third-order valence-electron chi connectivity index (χ3n) is 4.52.